The number of aromatic nitrogens is 2. The summed E-state index contributed by atoms with van der Waals surface area (Å²) in [6.07, 6.45) is 3.84. The molecule has 1 N–H and O–H groups in total. The summed E-state index contributed by atoms with van der Waals surface area (Å²) in [7, 11) is 1.42. The number of anilines is 2. The summed E-state index contributed by atoms with van der Waals surface area (Å²) in [6.45, 7) is 11.1. The highest BCUT2D eigenvalue weighted by molar-refractivity contribution is 5.82. The van der Waals surface area contributed by atoms with E-state index in [4.69, 9.17) is 14.5 Å². The number of imidazole rings is 1. The summed E-state index contributed by atoms with van der Waals surface area (Å²) >= 11 is 0. The topological polar surface area (TPSA) is 65.4 Å². The monoisotopic (exact) mass is 463 g/mol. The first-order valence-corrected chi connectivity index (χ1v) is 12.2. The highest BCUT2D eigenvalue weighted by atomic mass is 16.5. The van der Waals surface area contributed by atoms with Gasteiger partial charge >= 0.3 is 5.97 Å². The molecule has 3 aromatic rings. The number of carbonyl (C=O) groups excluding carboxylic acids is 1. The van der Waals surface area contributed by atoms with Crippen molar-refractivity contribution < 1.29 is 14.3 Å². The molecule has 4 rings (SSSR count). The Labute approximate surface area is 202 Å². The van der Waals surface area contributed by atoms with Gasteiger partial charge in [0.1, 0.15) is 5.75 Å². The van der Waals surface area contributed by atoms with E-state index in [2.05, 4.69) is 36.7 Å². The molecule has 2 unspecified atom stereocenters. The third-order valence-corrected chi connectivity index (χ3v) is 6.54. The number of esters is 1. The van der Waals surface area contributed by atoms with E-state index in [1.165, 1.54) is 13.5 Å². The molecule has 0 amide bonds. The zero-order valence-corrected chi connectivity index (χ0v) is 21.2. The Hall–Kier alpha value is -3.02. The van der Waals surface area contributed by atoms with Crippen LogP contribution in [-0.4, -0.2) is 28.7 Å². The minimum Gasteiger partial charge on any atom is -0.491 e. The molecular formula is C28H37N3O3. The lowest BCUT2D eigenvalue weighted by Gasteiger charge is -2.40. The molecule has 0 aliphatic heterocycles. The van der Waals surface area contributed by atoms with E-state index in [0.717, 1.165) is 46.8 Å². The molecule has 1 fully saturated rings. The number of carbonyl (C=O) groups is 1. The first-order chi connectivity index (χ1) is 16.1. The molecule has 1 saturated carbocycles. The predicted molar refractivity (Wildman–Crippen MR) is 137 cm³/mol. The number of hydrogen-bond donors (Lipinski definition) is 1. The van der Waals surface area contributed by atoms with Gasteiger partial charge in [-0.2, -0.15) is 0 Å². The summed E-state index contributed by atoms with van der Waals surface area (Å²) < 4.78 is 13.0. The van der Waals surface area contributed by atoms with Gasteiger partial charge in [-0.1, -0.05) is 26.8 Å². The molecule has 182 valence electrons. The first kappa shape index (κ1) is 24.1. The minimum absolute atomic E-state index is 0.138. The summed E-state index contributed by atoms with van der Waals surface area (Å²) in [5.74, 6) is 2.08. The highest BCUT2D eigenvalue weighted by Gasteiger charge is 2.34. The fraction of sp³-hybridized carbons (Fsp3) is 0.500. The molecule has 2 aromatic carbocycles. The average Bonchev–Trinajstić information content (AvgIpc) is 3.10. The van der Waals surface area contributed by atoms with E-state index < -0.39 is 0 Å². The van der Waals surface area contributed by atoms with Crippen molar-refractivity contribution in [2.45, 2.75) is 72.4 Å². The zero-order valence-electron chi connectivity index (χ0n) is 21.2. The molecule has 0 saturated heterocycles. The van der Waals surface area contributed by atoms with Gasteiger partial charge in [0.25, 0.3) is 0 Å². The van der Waals surface area contributed by atoms with Crippen LogP contribution in [0.1, 0.15) is 65.5 Å². The summed E-state index contributed by atoms with van der Waals surface area (Å²) in [4.78, 5) is 16.8. The lowest BCUT2D eigenvalue weighted by atomic mass is 9.70. The van der Waals surface area contributed by atoms with E-state index in [9.17, 15) is 4.79 Å². The number of hydrogen-bond acceptors (Lipinski definition) is 5. The van der Waals surface area contributed by atoms with E-state index in [0.29, 0.717) is 12.0 Å². The fourth-order valence-electron chi connectivity index (χ4n) is 5.46. The smallest absolute Gasteiger partial charge is 0.309 e. The number of benzene rings is 2. The number of fused-ring (bicyclic) bond motifs is 1. The van der Waals surface area contributed by atoms with Crippen molar-refractivity contribution in [2.24, 2.45) is 11.3 Å². The predicted octanol–water partition coefficient (Wildman–Crippen LogP) is 6.67. The van der Waals surface area contributed by atoms with Crippen molar-refractivity contribution >= 4 is 28.6 Å². The molecule has 2 atom stereocenters. The van der Waals surface area contributed by atoms with E-state index in [1.807, 2.05) is 50.2 Å². The Morgan fingerprint density at radius 2 is 1.91 bits per heavy atom. The average molecular weight is 464 g/mol. The maximum absolute atomic E-state index is 11.8. The molecule has 1 aliphatic carbocycles. The minimum atomic E-state index is -0.247. The Balaban J connectivity index is 1.72. The normalized spacial score (nSPS) is 19.9. The molecule has 0 bridgehead atoms. The summed E-state index contributed by atoms with van der Waals surface area (Å²) in [5.41, 5.74) is 4.12. The molecular weight excluding hydrogens is 426 g/mol. The van der Waals surface area contributed by atoms with Gasteiger partial charge in [-0.05, 0) is 86.4 Å². The number of nitrogens with one attached hydrogen (secondary N) is 1. The van der Waals surface area contributed by atoms with Crippen LogP contribution in [0.5, 0.6) is 5.75 Å². The lowest BCUT2D eigenvalue weighted by molar-refractivity contribution is -0.139. The quantitative estimate of drug-likeness (QED) is 0.396. The molecule has 0 radical (unpaired) electrons. The number of methoxy groups -OCH3 is 1. The third kappa shape index (κ3) is 5.54. The second-order valence-corrected chi connectivity index (χ2v) is 10.8. The van der Waals surface area contributed by atoms with Gasteiger partial charge in [-0.15, -0.1) is 0 Å². The van der Waals surface area contributed by atoms with Crippen LogP contribution in [0, 0.1) is 11.3 Å². The Morgan fingerprint density at radius 1 is 1.18 bits per heavy atom. The van der Waals surface area contributed by atoms with Gasteiger partial charge in [0.15, 0.2) is 0 Å². The lowest BCUT2D eigenvalue weighted by Crippen LogP contribution is -2.29. The van der Waals surface area contributed by atoms with Gasteiger partial charge in [0.05, 0.1) is 30.7 Å². The Kier molecular flexibility index (Phi) is 6.87. The number of ether oxygens (including phenoxy) is 2. The van der Waals surface area contributed by atoms with Gasteiger partial charge in [0, 0.05) is 11.7 Å². The van der Waals surface area contributed by atoms with Crippen LogP contribution in [0.4, 0.5) is 11.6 Å². The van der Waals surface area contributed by atoms with Crippen molar-refractivity contribution in [1.82, 2.24) is 9.55 Å². The van der Waals surface area contributed by atoms with Crippen molar-refractivity contribution in [1.29, 1.82) is 0 Å². The van der Waals surface area contributed by atoms with Gasteiger partial charge in [-0.3, -0.25) is 4.79 Å². The zero-order chi connectivity index (χ0) is 24.5. The van der Waals surface area contributed by atoms with E-state index in [-0.39, 0.29) is 23.9 Å². The van der Waals surface area contributed by atoms with Gasteiger partial charge < -0.3 is 19.4 Å². The van der Waals surface area contributed by atoms with Crippen molar-refractivity contribution in [3.8, 4) is 5.75 Å². The molecule has 6 nitrogen and oxygen atoms in total. The van der Waals surface area contributed by atoms with Crippen LogP contribution in [0.15, 0.2) is 42.5 Å². The molecule has 34 heavy (non-hydrogen) atoms. The number of rotatable bonds is 7. The summed E-state index contributed by atoms with van der Waals surface area (Å²) in [6, 6.07) is 14.5. The first-order valence-electron chi connectivity index (χ1n) is 12.2. The van der Waals surface area contributed by atoms with Crippen molar-refractivity contribution in [3.63, 3.8) is 0 Å². The van der Waals surface area contributed by atoms with Crippen molar-refractivity contribution in [2.75, 3.05) is 12.4 Å². The third-order valence-electron chi connectivity index (χ3n) is 6.54. The number of nitrogens with zero attached hydrogens (tertiary/aromatic N) is 2. The summed E-state index contributed by atoms with van der Waals surface area (Å²) in [5, 5.41) is 3.56. The van der Waals surface area contributed by atoms with Crippen LogP contribution in [0.3, 0.4) is 0 Å². The molecule has 1 aromatic heterocycles. The molecule has 1 aliphatic rings. The second-order valence-electron chi connectivity index (χ2n) is 10.8. The maximum atomic E-state index is 11.8. The standard InChI is InChI=1S/C28H37N3O3/c1-18(2)34-23-10-8-21(9-11-23)29-27-30-24-14-20(15-26(32)33-6)7-12-25(24)31(27)22-13-19(3)16-28(4,5)17-22/h7-12,14,18-19,22H,13,15-17H2,1-6H3,(H,29,30). The van der Waals surface area contributed by atoms with Crippen LogP contribution in [0.2, 0.25) is 0 Å². The molecule has 6 heteroatoms. The second kappa shape index (κ2) is 9.69. The molecule has 1 heterocycles. The van der Waals surface area contributed by atoms with Crippen molar-refractivity contribution in [3.05, 3.63) is 48.0 Å². The van der Waals surface area contributed by atoms with Gasteiger partial charge in [-0.25, -0.2) is 4.98 Å². The largest absolute Gasteiger partial charge is 0.491 e. The van der Waals surface area contributed by atoms with Crippen LogP contribution in [-0.2, 0) is 16.0 Å². The van der Waals surface area contributed by atoms with E-state index >= 15 is 0 Å². The SMILES string of the molecule is COC(=O)Cc1ccc2c(c1)nc(Nc1ccc(OC(C)C)cc1)n2C1CC(C)CC(C)(C)C1. The molecule has 0 spiro atoms. The fourth-order valence-corrected chi connectivity index (χ4v) is 5.46. The Bertz CT molecular complexity index is 1150. The highest BCUT2D eigenvalue weighted by Crippen LogP contribution is 2.46. The van der Waals surface area contributed by atoms with Crippen LogP contribution in [0.25, 0.3) is 11.0 Å². The van der Waals surface area contributed by atoms with Crippen LogP contribution >= 0.6 is 0 Å². The van der Waals surface area contributed by atoms with E-state index in [1.54, 1.807) is 0 Å². The van der Waals surface area contributed by atoms with Gasteiger partial charge in [0.2, 0.25) is 5.95 Å². The maximum Gasteiger partial charge on any atom is 0.309 e. The Morgan fingerprint density at radius 3 is 2.56 bits per heavy atom. The van der Waals surface area contributed by atoms with Crippen LogP contribution < -0.4 is 10.1 Å².